The Kier molecular flexibility index (Phi) is 2.28. The van der Waals surface area contributed by atoms with Crippen molar-refractivity contribution in [1.82, 2.24) is 15.0 Å². The van der Waals surface area contributed by atoms with Crippen LogP contribution in [0.15, 0.2) is 30.5 Å². The van der Waals surface area contributed by atoms with E-state index in [1.165, 1.54) is 0 Å². The van der Waals surface area contributed by atoms with Gasteiger partial charge in [-0.2, -0.15) is 0 Å². The second kappa shape index (κ2) is 3.59. The highest BCUT2D eigenvalue weighted by Crippen LogP contribution is 2.17. The number of hydrogen-bond donors (Lipinski definition) is 1. The Labute approximate surface area is 82.4 Å². The Morgan fingerprint density at radius 3 is 2.50 bits per heavy atom. The van der Waals surface area contributed by atoms with Gasteiger partial charge in [-0.25, -0.2) is 4.68 Å². The van der Waals surface area contributed by atoms with E-state index < -0.39 is 0 Å². The fourth-order valence-corrected chi connectivity index (χ4v) is 1.36. The molecule has 14 heavy (non-hydrogen) atoms. The van der Waals surface area contributed by atoms with Crippen LogP contribution in [0.25, 0.3) is 11.3 Å². The monoisotopic (exact) mass is 188 g/mol. The van der Waals surface area contributed by atoms with Crippen LogP contribution in [0.5, 0.6) is 0 Å². The molecule has 1 aromatic carbocycles. The van der Waals surface area contributed by atoms with Gasteiger partial charge in [0.05, 0.1) is 11.9 Å². The summed E-state index contributed by atoms with van der Waals surface area (Å²) >= 11 is 0. The van der Waals surface area contributed by atoms with Gasteiger partial charge in [0, 0.05) is 19.2 Å². The van der Waals surface area contributed by atoms with Gasteiger partial charge in [-0.3, -0.25) is 0 Å². The molecular formula is C10H12N4. The van der Waals surface area contributed by atoms with Crippen LogP contribution in [0.1, 0.15) is 5.56 Å². The van der Waals surface area contributed by atoms with Crippen LogP contribution in [0.3, 0.4) is 0 Å². The van der Waals surface area contributed by atoms with Crippen LogP contribution in [-0.4, -0.2) is 15.0 Å². The molecule has 4 nitrogen and oxygen atoms in total. The molecule has 1 heterocycles. The Bertz CT molecular complexity index is 416. The molecule has 0 radical (unpaired) electrons. The highest BCUT2D eigenvalue weighted by atomic mass is 15.4. The molecule has 0 saturated carbocycles. The van der Waals surface area contributed by atoms with Crippen molar-refractivity contribution in [2.45, 2.75) is 6.54 Å². The van der Waals surface area contributed by atoms with E-state index in [0.29, 0.717) is 6.54 Å². The van der Waals surface area contributed by atoms with Crippen molar-refractivity contribution in [2.24, 2.45) is 12.8 Å². The molecule has 2 rings (SSSR count). The minimum Gasteiger partial charge on any atom is -0.326 e. The number of hydrogen-bond acceptors (Lipinski definition) is 3. The zero-order chi connectivity index (χ0) is 9.97. The lowest BCUT2D eigenvalue weighted by Crippen LogP contribution is -1.96. The van der Waals surface area contributed by atoms with Crippen LogP contribution in [0.2, 0.25) is 0 Å². The zero-order valence-corrected chi connectivity index (χ0v) is 8.01. The minimum absolute atomic E-state index is 0.573. The molecule has 0 saturated heterocycles. The van der Waals surface area contributed by atoms with Crippen molar-refractivity contribution >= 4 is 0 Å². The summed E-state index contributed by atoms with van der Waals surface area (Å²) in [4.78, 5) is 0. The van der Waals surface area contributed by atoms with Crippen molar-refractivity contribution < 1.29 is 0 Å². The molecule has 0 aliphatic carbocycles. The predicted octanol–water partition coefficient (Wildman–Crippen LogP) is 0.941. The number of aromatic nitrogens is 3. The van der Waals surface area contributed by atoms with Crippen molar-refractivity contribution in [2.75, 3.05) is 0 Å². The van der Waals surface area contributed by atoms with Crippen molar-refractivity contribution in [1.29, 1.82) is 0 Å². The SMILES string of the molecule is Cn1nncc1-c1ccc(CN)cc1. The highest BCUT2D eigenvalue weighted by molar-refractivity contribution is 5.58. The Morgan fingerprint density at radius 2 is 2.00 bits per heavy atom. The van der Waals surface area contributed by atoms with E-state index in [1.54, 1.807) is 10.9 Å². The van der Waals surface area contributed by atoms with Gasteiger partial charge in [0.25, 0.3) is 0 Å². The molecule has 0 aliphatic rings. The summed E-state index contributed by atoms with van der Waals surface area (Å²) in [5.74, 6) is 0. The van der Waals surface area contributed by atoms with Gasteiger partial charge in [0.1, 0.15) is 0 Å². The van der Waals surface area contributed by atoms with E-state index in [9.17, 15) is 0 Å². The smallest absolute Gasteiger partial charge is 0.0882 e. The number of nitrogens with zero attached hydrogens (tertiary/aromatic N) is 3. The summed E-state index contributed by atoms with van der Waals surface area (Å²) in [6, 6.07) is 8.09. The van der Waals surface area contributed by atoms with E-state index in [2.05, 4.69) is 10.3 Å². The maximum Gasteiger partial charge on any atom is 0.0882 e. The second-order valence-corrected chi connectivity index (χ2v) is 3.14. The summed E-state index contributed by atoms with van der Waals surface area (Å²) in [6.45, 7) is 0.573. The summed E-state index contributed by atoms with van der Waals surface area (Å²) in [6.07, 6.45) is 1.75. The first-order valence-electron chi connectivity index (χ1n) is 4.45. The van der Waals surface area contributed by atoms with Gasteiger partial charge in [-0.15, -0.1) is 5.10 Å². The molecule has 2 N–H and O–H groups in total. The van der Waals surface area contributed by atoms with Crippen molar-refractivity contribution in [3.8, 4) is 11.3 Å². The number of rotatable bonds is 2. The molecule has 1 aromatic heterocycles. The lowest BCUT2D eigenvalue weighted by molar-refractivity contribution is 0.720. The standard InChI is InChI=1S/C10H12N4/c1-14-10(7-12-13-14)9-4-2-8(6-11)3-5-9/h2-5,7H,6,11H2,1H3. The van der Waals surface area contributed by atoms with Gasteiger partial charge < -0.3 is 5.73 Å². The van der Waals surface area contributed by atoms with E-state index in [-0.39, 0.29) is 0 Å². The molecule has 0 bridgehead atoms. The van der Waals surface area contributed by atoms with Crippen LogP contribution in [0.4, 0.5) is 0 Å². The summed E-state index contributed by atoms with van der Waals surface area (Å²) in [5, 5.41) is 7.71. The maximum atomic E-state index is 5.52. The Balaban J connectivity index is 2.39. The fraction of sp³-hybridized carbons (Fsp3) is 0.200. The predicted molar refractivity (Wildman–Crippen MR) is 54.3 cm³/mol. The first kappa shape index (κ1) is 8.90. The molecule has 0 unspecified atom stereocenters. The molecule has 2 aromatic rings. The third-order valence-electron chi connectivity index (χ3n) is 2.20. The lowest BCUT2D eigenvalue weighted by atomic mass is 10.1. The second-order valence-electron chi connectivity index (χ2n) is 3.14. The van der Waals surface area contributed by atoms with Crippen molar-refractivity contribution in [3.05, 3.63) is 36.0 Å². The summed E-state index contributed by atoms with van der Waals surface area (Å²) in [5.41, 5.74) is 8.76. The molecule has 0 amide bonds. The molecule has 4 heteroatoms. The average Bonchev–Trinajstić information content (AvgIpc) is 2.65. The minimum atomic E-state index is 0.573. The average molecular weight is 188 g/mol. The quantitative estimate of drug-likeness (QED) is 0.763. The largest absolute Gasteiger partial charge is 0.326 e. The van der Waals surface area contributed by atoms with Crippen molar-refractivity contribution in [3.63, 3.8) is 0 Å². The normalized spacial score (nSPS) is 10.4. The molecular weight excluding hydrogens is 176 g/mol. The third kappa shape index (κ3) is 1.52. The first-order valence-corrected chi connectivity index (χ1v) is 4.45. The maximum absolute atomic E-state index is 5.52. The van der Waals surface area contributed by atoms with E-state index in [1.807, 2.05) is 31.3 Å². The lowest BCUT2D eigenvalue weighted by Gasteiger charge is -2.01. The van der Waals surface area contributed by atoms with Crippen LogP contribution < -0.4 is 5.73 Å². The third-order valence-corrected chi connectivity index (χ3v) is 2.20. The van der Waals surface area contributed by atoms with Crippen LogP contribution >= 0.6 is 0 Å². The molecule has 0 atom stereocenters. The topological polar surface area (TPSA) is 56.7 Å². The van der Waals surface area contributed by atoms with E-state index in [4.69, 9.17) is 5.73 Å². The van der Waals surface area contributed by atoms with Gasteiger partial charge >= 0.3 is 0 Å². The highest BCUT2D eigenvalue weighted by Gasteiger charge is 2.02. The fourth-order valence-electron chi connectivity index (χ4n) is 1.36. The zero-order valence-electron chi connectivity index (χ0n) is 8.01. The Morgan fingerprint density at radius 1 is 1.29 bits per heavy atom. The van der Waals surface area contributed by atoms with Gasteiger partial charge in [-0.1, -0.05) is 29.5 Å². The molecule has 0 fully saturated rings. The van der Waals surface area contributed by atoms with Crippen LogP contribution in [-0.2, 0) is 13.6 Å². The number of aryl methyl sites for hydroxylation is 1. The Hall–Kier alpha value is -1.68. The number of nitrogens with two attached hydrogens (primary N) is 1. The number of benzene rings is 1. The molecule has 0 spiro atoms. The summed E-state index contributed by atoms with van der Waals surface area (Å²) in [7, 11) is 1.87. The van der Waals surface area contributed by atoms with E-state index >= 15 is 0 Å². The van der Waals surface area contributed by atoms with Crippen LogP contribution in [0, 0.1) is 0 Å². The van der Waals surface area contributed by atoms with E-state index in [0.717, 1.165) is 16.8 Å². The molecule has 72 valence electrons. The van der Waals surface area contributed by atoms with Gasteiger partial charge in [0.15, 0.2) is 0 Å². The first-order chi connectivity index (χ1) is 6.81. The van der Waals surface area contributed by atoms with Gasteiger partial charge in [-0.05, 0) is 5.56 Å². The molecule has 0 aliphatic heterocycles. The van der Waals surface area contributed by atoms with Gasteiger partial charge in [0.2, 0.25) is 0 Å². The summed E-state index contributed by atoms with van der Waals surface area (Å²) < 4.78 is 1.75.